The summed E-state index contributed by atoms with van der Waals surface area (Å²) in [6.45, 7) is 1.06. The number of nitrogens with two attached hydrogens (primary N) is 1. The van der Waals surface area contributed by atoms with E-state index in [-0.39, 0.29) is 26.5 Å². The highest BCUT2D eigenvalue weighted by molar-refractivity contribution is 7.89. The van der Waals surface area contributed by atoms with Gasteiger partial charge in [-0.2, -0.15) is 0 Å². The van der Waals surface area contributed by atoms with Gasteiger partial charge < -0.3 is 10.1 Å². The van der Waals surface area contributed by atoms with E-state index in [4.69, 9.17) is 33.1 Å². The Balaban J connectivity index is 2.32. The molecule has 0 aromatic heterocycles. The second kappa shape index (κ2) is 6.50. The minimum Gasteiger partial charge on any atom is -0.379 e. The second-order valence-corrected chi connectivity index (χ2v) is 6.98. The predicted octanol–water partition coefficient (Wildman–Crippen LogP) is 1.55. The van der Waals surface area contributed by atoms with Crippen LogP contribution in [0.2, 0.25) is 10.0 Å². The topological polar surface area (TPSA) is 98.5 Å². The summed E-state index contributed by atoms with van der Waals surface area (Å²) in [6.07, 6.45) is 1.61. The molecule has 21 heavy (non-hydrogen) atoms. The van der Waals surface area contributed by atoms with E-state index in [1.807, 2.05) is 0 Å². The first-order valence-electron chi connectivity index (χ1n) is 6.20. The molecule has 0 radical (unpaired) electrons. The minimum absolute atomic E-state index is 0.0571. The number of benzene rings is 1. The normalized spacial score (nSPS) is 19.3. The number of nitrogens with one attached hydrogen (secondary N) is 1. The second-order valence-electron chi connectivity index (χ2n) is 4.67. The molecule has 1 unspecified atom stereocenters. The molecule has 1 aliphatic heterocycles. The Labute approximate surface area is 132 Å². The number of ether oxygens (including phenoxy) is 1. The number of rotatable bonds is 3. The number of hydrogen-bond acceptors (Lipinski definition) is 4. The molecule has 116 valence electrons. The van der Waals surface area contributed by atoms with E-state index in [9.17, 15) is 13.2 Å². The lowest BCUT2D eigenvalue weighted by Crippen LogP contribution is -2.40. The van der Waals surface area contributed by atoms with Crippen molar-refractivity contribution in [2.45, 2.75) is 23.8 Å². The fourth-order valence-corrected chi connectivity index (χ4v) is 3.55. The van der Waals surface area contributed by atoms with Crippen LogP contribution >= 0.6 is 23.2 Å². The first-order valence-corrected chi connectivity index (χ1v) is 8.50. The fourth-order valence-electron chi connectivity index (χ4n) is 2.07. The number of carbonyl (C=O) groups is 1. The molecule has 0 aliphatic carbocycles. The summed E-state index contributed by atoms with van der Waals surface area (Å²) >= 11 is 11.9. The molecule has 1 aliphatic rings. The summed E-state index contributed by atoms with van der Waals surface area (Å²) in [5.74, 6) is -0.550. The van der Waals surface area contributed by atoms with E-state index in [1.165, 1.54) is 12.1 Å². The molecule has 6 nitrogen and oxygen atoms in total. The summed E-state index contributed by atoms with van der Waals surface area (Å²) in [6, 6.07) is 2.29. The molecule has 9 heteroatoms. The average molecular weight is 353 g/mol. The Hall–Kier alpha value is -0.860. The molecule has 1 aromatic carbocycles. The van der Waals surface area contributed by atoms with Gasteiger partial charge >= 0.3 is 0 Å². The minimum atomic E-state index is -4.03. The number of amides is 1. The highest BCUT2D eigenvalue weighted by Gasteiger charge is 2.25. The van der Waals surface area contributed by atoms with Crippen molar-refractivity contribution in [3.63, 3.8) is 0 Å². The number of halogens is 2. The van der Waals surface area contributed by atoms with Crippen LogP contribution in [-0.2, 0) is 14.8 Å². The van der Waals surface area contributed by atoms with Gasteiger partial charge in [0.05, 0.1) is 28.3 Å². The van der Waals surface area contributed by atoms with Crippen molar-refractivity contribution in [2.24, 2.45) is 5.14 Å². The Morgan fingerprint density at radius 3 is 2.67 bits per heavy atom. The highest BCUT2D eigenvalue weighted by atomic mass is 35.5. The molecule has 1 atom stereocenters. The van der Waals surface area contributed by atoms with Gasteiger partial charge in [-0.15, -0.1) is 0 Å². The molecule has 1 heterocycles. The maximum Gasteiger partial charge on any atom is 0.254 e. The Bertz CT molecular complexity index is 657. The number of primary sulfonamides is 1. The van der Waals surface area contributed by atoms with Crippen molar-refractivity contribution in [3.05, 3.63) is 27.7 Å². The third-order valence-corrected chi connectivity index (χ3v) is 4.86. The summed E-state index contributed by atoms with van der Waals surface area (Å²) in [5, 5.41) is 7.56. The van der Waals surface area contributed by atoms with E-state index >= 15 is 0 Å². The quantitative estimate of drug-likeness (QED) is 0.861. The van der Waals surface area contributed by atoms with Crippen molar-refractivity contribution in [1.82, 2.24) is 5.32 Å². The molecule has 0 spiro atoms. The van der Waals surface area contributed by atoms with Gasteiger partial charge in [0.2, 0.25) is 10.0 Å². The van der Waals surface area contributed by atoms with Crippen LogP contribution < -0.4 is 10.5 Å². The van der Waals surface area contributed by atoms with Gasteiger partial charge in [-0.25, -0.2) is 13.6 Å². The molecule has 1 saturated heterocycles. The molecule has 3 N–H and O–H groups in total. The maximum absolute atomic E-state index is 12.3. The van der Waals surface area contributed by atoms with Gasteiger partial charge in [-0.05, 0) is 25.0 Å². The molecule has 1 fully saturated rings. The van der Waals surface area contributed by atoms with E-state index in [0.29, 0.717) is 13.2 Å². The van der Waals surface area contributed by atoms with Gasteiger partial charge in [0.25, 0.3) is 5.91 Å². The zero-order valence-electron chi connectivity index (χ0n) is 10.9. The lowest BCUT2D eigenvalue weighted by Gasteiger charge is -2.23. The molecule has 0 saturated carbocycles. The van der Waals surface area contributed by atoms with Crippen LogP contribution in [0.5, 0.6) is 0 Å². The Morgan fingerprint density at radius 1 is 1.38 bits per heavy atom. The molecule has 2 rings (SSSR count). The van der Waals surface area contributed by atoms with Crippen LogP contribution in [0.25, 0.3) is 0 Å². The summed E-state index contributed by atoms with van der Waals surface area (Å²) in [7, 11) is -4.03. The highest BCUT2D eigenvalue weighted by Crippen LogP contribution is 2.30. The Kier molecular flexibility index (Phi) is 5.11. The van der Waals surface area contributed by atoms with Crippen LogP contribution in [0, 0.1) is 0 Å². The van der Waals surface area contributed by atoms with Gasteiger partial charge in [0.15, 0.2) is 0 Å². The molecule has 1 aromatic rings. The standard InChI is InChI=1S/C12H14Cl2N2O4S/c13-8-3-4-9(21(15,18)19)11(14)10(8)12(17)16-7-2-1-5-20-6-7/h3-4,7H,1-2,5-6H2,(H,16,17)(H2,15,18,19). The largest absolute Gasteiger partial charge is 0.379 e. The van der Waals surface area contributed by atoms with Crippen molar-refractivity contribution in [2.75, 3.05) is 13.2 Å². The first kappa shape index (κ1) is 16.5. The number of carbonyl (C=O) groups excluding carboxylic acids is 1. The van der Waals surface area contributed by atoms with Crippen molar-refractivity contribution in [1.29, 1.82) is 0 Å². The van der Waals surface area contributed by atoms with Crippen LogP contribution in [0.15, 0.2) is 17.0 Å². The zero-order valence-corrected chi connectivity index (χ0v) is 13.3. The maximum atomic E-state index is 12.3. The van der Waals surface area contributed by atoms with Gasteiger partial charge in [-0.1, -0.05) is 23.2 Å². The van der Waals surface area contributed by atoms with Crippen LogP contribution in [-0.4, -0.2) is 33.6 Å². The fraction of sp³-hybridized carbons (Fsp3) is 0.417. The van der Waals surface area contributed by atoms with E-state index in [2.05, 4.69) is 5.32 Å². The van der Waals surface area contributed by atoms with Gasteiger partial charge in [0, 0.05) is 6.61 Å². The van der Waals surface area contributed by atoms with Crippen LogP contribution in [0.4, 0.5) is 0 Å². The van der Waals surface area contributed by atoms with E-state index in [0.717, 1.165) is 12.8 Å². The molecular formula is C12H14Cl2N2O4S. The lowest BCUT2D eigenvalue weighted by atomic mass is 10.1. The third kappa shape index (κ3) is 3.87. The van der Waals surface area contributed by atoms with Crippen LogP contribution in [0.1, 0.15) is 23.2 Å². The molecular weight excluding hydrogens is 339 g/mol. The average Bonchev–Trinajstić information content (AvgIpc) is 2.38. The molecule has 1 amide bonds. The monoisotopic (exact) mass is 352 g/mol. The van der Waals surface area contributed by atoms with Crippen molar-refractivity contribution in [3.8, 4) is 0 Å². The number of hydrogen-bond donors (Lipinski definition) is 2. The van der Waals surface area contributed by atoms with Gasteiger partial charge in [0.1, 0.15) is 4.90 Å². The van der Waals surface area contributed by atoms with Crippen LogP contribution in [0.3, 0.4) is 0 Å². The summed E-state index contributed by atoms with van der Waals surface area (Å²) < 4.78 is 28.1. The van der Waals surface area contributed by atoms with Crippen molar-refractivity contribution >= 4 is 39.1 Å². The van der Waals surface area contributed by atoms with Crippen molar-refractivity contribution < 1.29 is 17.9 Å². The predicted molar refractivity (Wildman–Crippen MR) is 79.1 cm³/mol. The number of sulfonamides is 1. The summed E-state index contributed by atoms with van der Waals surface area (Å²) in [4.78, 5) is 11.9. The smallest absolute Gasteiger partial charge is 0.254 e. The lowest BCUT2D eigenvalue weighted by molar-refractivity contribution is 0.0624. The van der Waals surface area contributed by atoms with E-state index in [1.54, 1.807) is 0 Å². The SMILES string of the molecule is NS(=O)(=O)c1ccc(Cl)c(C(=O)NC2CCCOC2)c1Cl. The molecule has 0 bridgehead atoms. The van der Waals surface area contributed by atoms with Gasteiger partial charge in [-0.3, -0.25) is 4.79 Å². The third-order valence-electron chi connectivity index (χ3n) is 3.08. The summed E-state index contributed by atoms with van der Waals surface area (Å²) in [5.41, 5.74) is -0.101. The Morgan fingerprint density at radius 2 is 2.10 bits per heavy atom. The zero-order chi connectivity index (χ0) is 15.6. The first-order chi connectivity index (χ1) is 9.80. The van der Waals surface area contributed by atoms with E-state index < -0.39 is 15.9 Å².